The summed E-state index contributed by atoms with van der Waals surface area (Å²) in [6, 6.07) is 6.57. The summed E-state index contributed by atoms with van der Waals surface area (Å²) in [5.41, 5.74) is 6.98. The molecular weight excluding hydrogens is 424 g/mol. The standard InChI is InChI=1S/C24H40N4O5/c1-3-5-15-32-16-17-33-18-22(29)28-21(23(25)30)8-6-7-14-27-24(31)19-9-11-20(12-10-19)26-13-4-2/h9-12,21,26H,3-8,13-18H2,1-2H3,(H2,25,30)(H,27,31)(H,28,29)/t21-/m0/s1. The fourth-order valence-corrected chi connectivity index (χ4v) is 2.94. The van der Waals surface area contributed by atoms with Gasteiger partial charge in [-0.1, -0.05) is 20.3 Å². The maximum absolute atomic E-state index is 12.2. The van der Waals surface area contributed by atoms with Gasteiger partial charge in [0.2, 0.25) is 11.8 Å². The predicted octanol–water partition coefficient (Wildman–Crippen LogP) is 2.21. The molecule has 0 saturated carbocycles. The maximum atomic E-state index is 12.2. The SMILES string of the molecule is CCCCOCCOCC(=O)N[C@@H](CCCCNC(=O)c1ccc(NCCC)cc1)C(N)=O. The highest BCUT2D eigenvalue weighted by molar-refractivity contribution is 5.94. The second kappa shape index (κ2) is 17.9. The van der Waals surface area contributed by atoms with Crippen LogP contribution in [0.1, 0.15) is 62.7 Å². The average Bonchev–Trinajstić information content (AvgIpc) is 2.81. The molecule has 33 heavy (non-hydrogen) atoms. The number of nitrogens with two attached hydrogens (primary N) is 1. The summed E-state index contributed by atoms with van der Waals surface area (Å²) in [5, 5.41) is 8.73. The molecule has 0 unspecified atom stereocenters. The zero-order valence-corrected chi connectivity index (χ0v) is 20.0. The van der Waals surface area contributed by atoms with Crippen LogP contribution in [-0.4, -0.2) is 63.3 Å². The molecule has 3 amide bonds. The number of anilines is 1. The highest BCUT2D eigenvalue weighted by Crippen LogP contribution is 2.09. The smallest absolute Gasteiger partial charge is 0.251 e. The van der Waals surface area contributed by atoms with Gasteiger partial charge in [-0.3, -0.25) is 14.4 Å². The third-order valence-electron chi connectivity index (χ3n) is 4.86. The molecule has 0 aliphatic heterocycles. The Morgan fingerprint density at radius 3 is 2.30 bits per heavy atom. The van der Waals surface area contributed by atoms with E-state index in [-0.39, 0.29) is 12.5 Å². The number of rotatable bonds is 19. The topological polar surface area (TPSA) is 132 Å². The minimum absolute atomic E-state index is 0.146. The zero-order chi connectivity index (χ0) is 24.3. The molecule has 0 aliphatic carbocycles. The highest BCUT2D eigenvalue weighted by Gasteiger charge is 2.17. The van der Waals surface area contributed by atoms with E-state index in [1.807, 2.05) is 12.1 Å². The molecule has 1 atom stereocenters. The molecule has 0 heterocycles. The molecule has 0 saturated heterocycles. The largest absolute Gasteiger partial charge is 0.385 e. The van der Waals surface area contributed by atoms with E-state index in [1.165, 1.54) is 0 Å². The zero-order valence-electron chi connectivity index (χ0n) is 20.0. The first-order chi connectivity index (χ1) is 16.0. The Bertz CT molecular complexity index is 697. The van der Waals surface area contributed by atoms with Gasteiger partial charge >= 0.3 is 0 Å². The molecule has 0 fully saturated rings. The summed E-state index contributed by atoms with van der Waals surface area (Å²) >= 11 is 0. The summed E-state index contributed by atoms with van der Waals surface area (Å²) in [5.74, 6) is -1.13. The van der Waals surface area contributed by atoms with E-state index >= 15 is 0 Å². The van der Waals surface area contributed by atoms with Gasteiger partial charge in [0, 0.05) is 30.9 Å². The van der Waals surface area contributed by atoms with Gasteiger partial charge in [0.25, 0.3) is 5.91 Å². The Hall–Kier alpha value is -2.65. The molecule has 0 aliphatic rings. The second-order valence-corrected chi connectivity index (χ2v) is 7.80. The Kier molecular flexibility index (Phi) is 15.4. The van der Waals surface area contributed by atoms with Crippen LogP contribution in [0.2, 0.25) is 0 Å². The van der Waals surface area contributed by atoms with Crippen molar-refractivity contribution in [2.45, 2.75) is 58.4 Å². The highest BCUT2D eigenvalue weighted by atomic mass is 16.5. The first-order valence-corrected chi connectivity index (χ1v) is 11.8. The number of hydrogen-bond acceptors (Lipinski definition) is 6. The van der Waals surface area contributed by atoms with Gasteiger partial charge in [0.15, 0.2) is 0 Å². The van der Waals surface area contributed by atoms with Gasteiger partial charge in [-0.2, -0.15) is 0 Å². The lowest BCUT2D eigenvalue weighted by Crippen LogP contribution is -2.45. The monoisotopic (exact) mass is 464 g/mol. The van der Waals surface area contributed by atoms with E-state index in [4.69, 9.17) is 15.2 Å². The number of primary amides is 1. The van der Waals surface area contributed by atoms with Crippen molar-refractivity contribution in [3.8, 4) is 0 Å². The number of unbranched alkanes of at least 4 members (excludes halogenated alkanes) is 2. The lowest BCUT2D eigenvalue weighted by molar-refractivity contribution is -0.130. The Labute approximate surface area is 197 Å². The van der Waals surface area contributed by atoms with Crippen molar-refractivity contribution in [1.29, 1.82) is 0 Å². The number of carbonyl (C=O) groups is 3. The van der Waals surface area contributed by atoms with Gasteiger partial charge in [-0.05, 0) is 56.4 Å². The van der Waals surface area contributed by atoms with E-state index < -0.39 is 17.9 Å². The van der Waals surface area contributed by atoms with Gasteiger partial charge in [-0.15, -0.1) is 0 Å². The van der Waals surface area contributed by atoms with Crippen LogP contribution in [-0.2, 0) is 19.1 Å². The molecule has 5 N–H and O–H groups in total. The predicted molar refractivity (Wildman–Crippen MR) is 129 cm³/mol. The number of ether oxygens (including phenoxy) is 2. The number of nitrogens with one attached hydrogen (secondary N) is 3. The minimum atomic E-state index is -0.763. The Balaban J connectivity index is 2.21. The van der Waals surface area contributed by atoms with Crippen molar-refractivity contribution in [2.75, 3.05) is 44.8 Å². The quantitative estimate of drug-likeness (QED) is 0.232. The van der Waals surface area contributed by atoms with Crippen LogP contribution >= 0.6 is 0 Å². The molecule has 9 heteroatoms. The van der Waals surface area contributed by atoms with E-state index in [2.05, 4.69) is 29.8 Å². The molecule has 1 aromatic rings. The van der Waals surface area contributed by atoms with Crippen LogP contribution in [0.3, 0.4) is 0 Å². The van der Waals surface area contributed by atoms with E-state index in [0.717, 1.165) is 31.5 Å². The van der Waals surface area contributed by atoms with Crippen LogP contribution in [0.15, 0.2) is 24.3 Å². The van der Waals surface area contributed by atoms with Gasteiger partial charge in [0.05, 0.1) is 13.2 Å². The molecule has 0 radical (unpaired) electrons. The van der Waals surface area contributed by atoms with Crippen LogP contribution in [0, 0.1) is 0 Å². The minimum Gasteiger partial charge on any atom is -0.385 e. The Morgan fingerprint density at radius 2 is 1.64 bits per heavy atom. The van der Waals surface area contributed by atoms with E-state index in [0.29, 0.717) is 51.2 Å². The normalized spacial score (nSPS) is 11.6. The first kappa shape index (κ1) is 28.4. The summed E-state index contributed by atoms with van der Waals surface area (Å²) < 4.78 is 10.6. The van der Waals surface area contributed by atoms with Crippen molar-refractivity contribution in [3.05, 3.63) is 29.8 Å². The summed E-state index contributed by atoms with van der Waals surface area (Å²) in [6.07, 6.45) is 4.77. The van der Waals surface area contributed by atoms with Crippen molar-refractivity contribution >= 4 is 23.4 Å². The number of carbonyl (C=O) groups excluding carboxylic acids is 3. The summed E-state index contributed by atoms with van der Waals surface area (Å²) in [6.45, 7) is 6.81. The molecular formula is C24H40N4O5. The van der Waals surface area contributed by atoms with Crippen molar-refractivity contribution in [2.24, 2.45) is 5.73 Å². The van der Waals surface area contributed by atoms with Crippen LogP contribution in [0.5, 0.6) is 0 Å². The molecule has 1 rings (SSSR count). The maximum Gasteiger partial charge on any atom is 0.251 e. The fraction of sp³-hybridized carbons (Fsp3) is 0.625. The van der Waals surface area contributed by atoms with Crippen LogP contribution < -0.4 is 21.7 Å². The van der Waals surface area contributed by atoms with Crippen LogP contribution in [0.4, 0.5) is 5.69 Å². The molecule has 0 spiro atoms. The van der Waals surface area contributed by atoms with Crippen molar-refractivity contribution < 1.29 is 23.9 Å². The van der Waals surface area contributed by atoms with E-state index in [9.17, 15) is 14.4 Å². The Morgan fingerprint density at radius 1 is 0.909 bits per heavy atom. The second-order valence-electron chi connectivity index (χ2n) is 7.80. The summed E-state index contributed by atoms with van der Waals surface area (Å²) in [7, 11) is 0. The van der Waals surface area contributed by atoms with E-state index in [1.54, 1.807) is 12.1 Å². The van der Waals surface area contributed by atoms with Gasteiger partial charge < -0.3 is 31.2 Å². The molecule has 186 valence electrons. The third-order valence-corrected chi connectivity index (χ3v) is 4.86. The average molecular weight is 465 g/mol. The van der Waals surface area contributed by atoms with Gasteiger partial charge in [-0.25, -0.2) is 0 Å². The lowest BCUT2D eigenvalue weighted by atomic mass is 10.1. The molecule has 9 nitrogen and oxygen atoms in total. The van der Waals surface area contributed by atoms with Crippen LogP contribution in [0.25, 0.3) is 0 Å². The summed E-state index contributed by atoms with van der Waals surface area (Å²) in [4.78, 5) is 35.8. The fourth-order valence-electron chi connectivity index (χ4n) is 2.94. The van der Waals surface area contributed by atoms with Crippen molar-refractivity contribution in [3.63, 3.8) is 0 Å². The number of benzene rings is 1. The number of hydrogen-bond donors (Lipinski definition) is 4. The lowest BCUT2D eigenvalue weighted by Gasteiger charge is -2.15. The first-order valence-electron chi connectivity index (χ1n) is 11.8. The van der Waals surface area contributed by atoms with Gasteiger partial charge in [0.1, 0.15) is 12.6 Å². The number of amides is 3. The molecule has 1 aromatic carbocycles. The molecule has 0 aromatic heterocycles. The molecule has 0 bridgehead atoms. The third kappa shape index (κ3) is 13.5. The van der Waals surface area contributed by atoms with Crippen molar-refractivity contribution in [1.82, 2.24) is 10.6 Å².